The summed E-state index contributed by atoms with van der Waals surface area (Å²) >= 11 is 6.25. The summed E-state index contributed by atoms with van der Waals surface area (Å²) in [6, 6.07) is 9.48. The van der Waals surface area contributed by atoms with Crippen molar-refractivity contribution >= 4 is 28.9 Å². The molecule has 0 saturated heterocycles. The molecule has 0 bridgehead atoms. The average Bonchev–Trinajstić information content (AvgIpc) is 2.76. The van der Waals surface area contributed by atoms with Gasteiger partial charge in [0.1, 0.15) is 5.65 Å². The fourth-order valence-electron chi connectivity index (χ4n) is 2.33. The van der Waals surface area contributed by atoms with Crippen molar-refractivity contribution in [2.75, 3.05) is 0 Å². The number of halogens is 1. The number of hydrogen-bond acceptors (Lipinski definition) is 2. The molecule has 3 nitrogen and oxygen atoms in total. The second kappa shape index (κ2) is 4.52. The van der Waals surface area contributed by atoms with E-state index in [-0.39, 0.29) is 0 Å². The van der Waals surface area contributed by atoms with E-state index in [9.17, 15) is 4.79 Å². The number of hydrogen-bond donors (Lipinski definition) is 0. The van der Waals surface area contributed by atoms with E-state index in [2.05, 4.69) is 4.98 Å². The van der Waals surface area contributed by atoms with Gasteiger partial charge in [-0.15, -0.1) is 0 Å². The number of benzene rings is 1. The van der Waals surface area contributed by atoms with Gasteiger partial charge in [-0.1, -0.05) is 29.8 Å². The third-order valence-corrected chi connectivity index (χ3v) is 3.51. The summed E-state index contributed by atoms with van der Waals surface area (Å²) in [4.78, 5) is 15.6. The fraction of sp³-hybridized carbons (Fsp3) is 0.0667. The molecule has 0 N–H and O–H groups in total. The van der Waals surface area contributed by atoms with Crippen LogP contribution >= 0.6 is 11.6 Å². The summed E-state index contributed by atoms with van der Waals surface area (Å²) in [5.74, 6) is 0. The first kappa shape index (κ1) is 11.9. The zero-order valence-electron chi connectivity index (χ0n) is 10.3. The average molecular weight is 271 g/mol. The fourth-order valence-corrected chi connectivity index (χ4v) is 2.57. The van der Waals surface area contributed by atoms with E-state index in [4.69, 9.17) is 11.6 Å². The predicted octanol–water partition coefficient (Wildman–Crippen LogP) is 3.71. The van der Waals surface area contributed by atoms with E-state index in [1.54, 1.807) is 12.4 Å². The van der Waals surface area contributed by atoms with Crippen molar-refractivity contribution in [1.82, 2.24) is 9.55 Å². The van der Waals surface area contributed by atoms with Gasteiger partial charge in [-0.3, -0.25) is 4.79 Å². The number of pyridine rings is 1. The highest BCUT2D eigenvalue weighted by Gasteiger charge is 2.14. The molecule has 0 saturated carbocycles. The van der Waals surface area contributed by atoms with Gasteiger partial charge < -0.3 is 4.57 Å². The number of fused-ring (bicyclic) bond motifs is 1. The van der Waals surface area contributed by atoms with Gasteiger partial charge >= 0.3 is 0 Å². The number of rotatable bonds is 2. The Morgan fingerprint density at radius 2 is 2.00 bits per heavy atom. The molecule has 1 aromatic carbocycles. The van der Waals surface area contributed by atoms with E-state index in [1.807, 2.05) is 41.9 Å². The zero-order valence-corrected chi connectivity index (χ0v) is 11.1. The Kier molecular flexibility index (Phi) is 2.84. The molecule has 3 rings (SSSR count). The number of carbonyl (C=O) groups is 1. The minimum Gasteiger partial charge on any atom is -0.335 e. The normalized spacial score (nSPS) is 10.8. The van der Waals surface area contributed by atoms with Gasteiger partial charge in [0.05, 0.1) is 0 Å². The van der Waals surface area contributed by atoms with Gasteiger partial charge in [0.15, 0.2) is 6.29 Å². The topological polar surface area (TPSA) is 34.9 Å². The Morgan fingerprint density at radius 1 is 1.21 bits per heavy atom. The Bertz CT molecular complexity index is 777. The Hall–Kier alpha value is -2.13. The standard InChI is InChI=1S/C15H11ClN2O/c1-18-8-10(9-19)14-12(6-7-17-15(14)18)11-4-2-3-5-13(11)16/h2-9H,1H3. The molecule has 3 aromatic rings. The molecule has 2 aromatic heterocycles. The molecular weight excluding hydrogens is 260 g/mol. The minimum absolute atomic E-state index is 0.625. The first-order valence-corrected chi connectivity index (χ1v) is 6.24. The monoisotopic (exact) mass is 270 g/mol. The van der Waals surface area contributed by atoms with Crippen LogP contribution in [-0.4, -0.2) is 15.8 Å². The first-order valence-electron chi connectivity index (χ1n) is 5.86. The van der Waals surface area contributed by atoms with Crippen molar-refractivity contribution in [3.63, 3.8) is 0 Å². The maximum Gasteiger partial charge on any atom is 0.152 e. The van der Waals surface area contributed by atoms with Crippen LogP contribution in [0.3, 0.4) is 0 Å². The van der Waals surface area contributed by atoms with Gasteiger partial charge in [0.2, 0.25) is 0 Å². The third-order valence-electron chi connectivity index (χ3n) is 3.18. The van der Waals surface area contributed by atoms with Gasteiger partial charge in [-0.2, -0.15) is 0 Å². The number of aldehydes is 1. The number of nitrogens with zero attached hydrogens (tertiary/aromatic N) is 2. The maximum atomic E-state index is 11.2. The quantitative estimate of drug-likeness (QED) is 0.666. The van der Waals surface area contributed by atoms with Crippen molar-refractivity contribution in [2.24, 2.45) is 7.05 Å². The molecule has 0 aliphatic carbocycles. The second-order valence-electron chi connectivity index (χ2n) is 4.35. The highest BCUT2D eigenvalue weighted by molar-refractivity contribution is 6.33. The lowest BCUT2D eigenvalue weighted by molar-refractivity contribution is 0.112. The van der Waals surface area contributed by atoms with Crippen molar-refractivity contribution in [3.8, 4) is 11.1 Å². The van der Waals surface area contributed by atoms with Crippen molar-refractivity contribution in [1.29, 1.82) is 0 Å². The van der Waals surface area contributed by atoms with Crippen LogP contribution < -0.4 is 0 Å². The highest BCUT2D eigenvalue weighted by Crippen LogP contribution is 2.34. The summed E-state index contributed by atoms with van der Waals surface area (Å²) in [6.07, 6.45) is 4.37. The van der Waals surface area contributed by atoms with E-state index >= 15 is 0 Å². The molecule has 0 spiro atoms. The summed E-state index contributed by atoms with van der Waals surface area (Å²) in [6.45, 7) is 0. The van der Waals surface area contributed by atoms with E-state index in [1.165, 1.54) is 0 Å². The van der Waals surface area contributed by atoms with Gasteiger partial charge in [-0.25, -0.2) is 4.98 Å². The number of carbonyl (C=O) groups excluding carboxylic acids is 1. The number of aryl methyl sites for hydroxylation is 1. The number of aromatic nitrogens is 2. The van der Waals surface area contributed by atoms with Crippen LogP contribution in [0.25, 0.3) is 22.2 Å². The van der Waals surface area contributed by atoms with E-state index < -0.39 is 0 Å². The van der Waals surface area contributed by atoms with E-state index in [0.29, 0.717) is 10.6 Å². The molecule has 0 amide bonds. The van der Waals surface area contributed by atoms with Crippen LogP contribution in [0.15, 0.2) is 42.7 Å². The van der Waals surface area contributed by atoms with Crippen LogP contribution in [0.2, 0.25) is 5.02 Å². The first-order chi connectivity index (χ1) is 9.22. The molecule has 4 heteroatoms. The maximum absolute atomic E-state index is 11.2. The Labute approximate surface area is 115 Å². The van der Waals surface area contributed by atoms with Crippen LogP contribution in [0.4, 0.5) is 0 Å². The van der Waals surface area contributed by atoms with Crippen LogP contribution in [0.5, 0.6) is 0 Å². The third kappa shape index (κ3) is 1.83. The van der Waals surface area contributed by atoms with Crippen LogP contribution in [-0.2, 0) is 7.05 Å². The Morgan fingerprint density at radius 3 is 2.74 bits per heavy atom. The minimum atomic E-state index is 0.625. The SMILES string of the molecule is Cn1cc(C=O)c2c(-c3ccccc3Cl)ccnc21. The van der Waals surface area contributed by atoms with E-state index in [0.717, 1.165) is 28.4 Å². The summed E-state index contributed by atoms with van der Waals surface area (Å²) < 4.78 is 1.85. The molecule has 0 fully saturated rings. The van der Waals surface area contributed by atoms with Crippen molar-refractivity contribution in [3.05, 3.63) is 53.3 Å². The molecule has 19 heavy (non-hydrogen) atoms. The Balaban J connectivity index is 2.42. The summed E-state index contributed by atoms with van der Waals surface area (Å²) in [7, 11) is 1.87. The zero-order chi connectivity index (χ0) is 13.4. The lowest BCUT2D eigenvalue weighted by atomic mass is 10.0. The highest BCUT2D eigenvalue weighted by atomic mass is 35.5. The van der Waals surface area contributed by atoms with Gasteiger partial charge in [-0.05, 0) is 17.7 Å². The molecule has 0 aliphatic rings. The summed E-state index contributed by atoms with van der Waals surface area (Å²) in [5, 5.41) is 1.50. The molecule has 0 aliphatic heterocycles. The van der Waals surface area contributed by atoms with Crippen LogP contribution in [0.1, 0.15) is 10.4 Å². The molecule has 0 radical (unpaired) electrons. The van der Waals surface area contributed by atoms with Crippen LogP contribution in [0, 0.1) is 0 Å². The molecular formula is C15H11ClN2O. The lowest BCUT2D eigenvalue weighted by Gasteiger charge is -2.06. The van der Waals surface area contributed by atoms with Gasteiger partial charge in [0.25, 0.3) is 0 Å². The second-order valence-corrected chi connectivity index (χ2v) is 4.76. The van der Waals surface area contributed by atoms with Crippen molar-refractivity contribution < 1.29 is 4.79 Å². The van der Waals surface area contributed by atoms with Crippen molar-refractivity contribution in [2.45, 2.75) is 0 Å². The molecule has 94 valence electrons. The summed E-state index contributed by atoms with van der Waals surface area (Å²) in [5.41, 5.74) is 3.24. The lowest BCUT2D eigenvalue weighted by Crippen LogP contribution is -1.89. The smallest absolute Gasteiger partial charge is 0.152 e. The molecule has 0 unspecified atom stereocenters. The molecule has 2 heterocycles. The molecule has 0 atom stereocenters. The largest absolute Gasteiger partial charge is 0.335 e. The van der Waals surface area contributed by atoms with Gasteiger partial charge in [0, 0.05) is 41.0 Å². The predicted molar refractivity (Wildman–Crippen MR) is 76.5 cm³/mol.